The number of hydrogen-bond acceptors (Lipinski definition) is 3. The van der Waals surface area contributed by atoms with Gasteiger partial charge in [-0.2, -0.15) is 11.8 Å². The summed E-state index contributed by atoms with van der Waals surface area (Å²) >= 11 is 8.02. The maximum Gasteiger partial charge on any atom is 0.261 e. The van der Waals surface area contributed by atoms with Crippen LogP contribution in [0, 0.1) is 6.92 Å². The van der Waals surface area contributed by atoms with Crippen molar-refractivity contribution in [3.05, 3.63) is 28.8 Å². The molecule has 134 valence electrons. The van der Waals surface area contributed by atoms with Crippen LogP contribution in [0.5, 0.6) is 5.75 Å². The first-order valence-corrected chi connectivity index (χ1v) is 10.3. The zero-order valence-corrected chi connectivity index (χ0v) is 16.2. The third-order valence-electron chi connectivity index (χ3n) is 4.38. The Kier molecular flexibility index (Phi) is 8.26. The van der Waals surface area contributed by atoms with E-state index in [-0.39, 0.29) is 5.91 Å². The average molecular weight is 370 g/mol. The molecule has 0 heterocycles. The second-order valence-corrected chi connectivity index (χ2v) is 8.16. The van der Waals surface area contributed by atoms with Crippen LogP contribution in [0.25, 0.3) is 0 Å². The Balaban J connectivity index is 1.73. The van der Waals surface area contributed by atoms with Crippen LogP contribution >= 0.6 is 23.4 Å². The smallest absolute Gasteiger partial charge is 0.261 e. The lowest BCUT2D eigenvalue weighted by Crippen LogP contribution is -2.39. The van der Waals surface area contributed by atoms with Gasteiger partial charge in [-0.05, 0) is 49.9 Å². The number of aryl methyl sites for hydroxylation is 1. The van der Waals surface area contributed by atoms with E-state index < -0.39 is 6.10 Å². The van der Waals surface area contributed by atoms with Crippen LogP contribution in [-0.2, 0) is 4.79 Å². The first-order valence-electron chi connectivity index (χ1n) is 8.92. The molecule has 1 N–H and O–H groups in total. The van der Waals surface area contributed by atoms with Gasteiger partial charge in [0.2, 0.25) is 0 Å². The minimum absolute atomic E-state index is 0.0330. The molecule has 1 amide bonds. The summed E-state index contributed by atoms with van der Waals surface area (Å²) in [5, 5.41) is 4.50. The molecule has 1 aliphatic carbocycles. The lowest BCUT2D eigenvalue weighted by atomic mass is 10.0. The minimum atomic E-state index is -0.453. The van der Waals surface area contributed by atoms with Crippen molar-refractivity contribution in [2.45, 2.75) is 63.7 Å². The van der Waals surface area contributed by atoms with Crippen molar-refractivity contribution in [3.63, 3.8) is 0 Å². The number of rotatable bonds is 8. The largest absolute Gasteiger partial charge is 0.481 e. The summed E-state index contributed by atoms with van der Waals surface area (Å²) in [6.45, 7) is 4.60. The molecule has 1 unspecified atom stereocenters. The first-order chi connectivity index (χ1) is 11.6. The maximum absolute atomic E-state index is 12.3. The van der Waals surface area contributed by atoms with E-state index in [0.29, 0.717) is 23.7 Å². The molecule has 5 heteroatoms. The number of carbonyl (C=O) groups is 1. The quantitative estimate of drug-likeness (QED) is 0.656. The zero-order valence-electron chi connectivity index (χ0n) is 14.6. The SMILES string of the molecule is CCC(Oc1ccc(Cl)c(C)c1)C(=O)NCCSC1CCCCC1. The van der Waals surface area contributed by atoms with Crippen LogP contribution in [0.1, 0.15) is 51.0 Å². The number of thioether (sulfide) groups is 1. The molecule has 1 aliphatic rings. The number of carbonyl (C=O) groups excluding carboxylic acids is 1. The van der Waals surface area contributed by atoms with Crippen molar-refractivity contribution in [1.29, 1.82) is 0 Å². The standard InChI is InChI=1S/C19H28ClNO2S/c1-3-18(23-15-9-10-17(20)14(2)13-15)19(22)21-11-12-24-16-7-5-4-6-8-16/h9-10,13,16,18H,3-8,11-12H2,1-2H3,(H,21,22). The van der Waals surface area contributed by atoms with E-state index in [1.807, 2.05) is 37.7 Å². The Labute approximate surface area is 154 Å². The number of hydrogen-bond donors (Lipinski definition) is 1. The van der Waals surface area contributed by atoms with Crippen LogP contribution in [0.15, 0.2) is 18.2 Å². The highest BCUT2D eigenvalue weighted by Gasteiger charge is 2.19. The van der Waals surface area contributed by atoms with Crippen molar-refractivity contribution < 1.29 is 9.53 Å². The second kappa shape index (κ2) is 10.2. The third-order valence-corrected chi connectivity index (χ3v) is 6.18. The van der Waals surface area contributed by atoms with Gasteiger partial charge in [-0.15, -0.1) is 0 Å². The highest BCUT2D eigenvalue weighted by Crippen LogP contribution is 2.27. The fourth-order valence-corrected chi connectivity index (χ4v) is 4.26. The topological polar surface area (TPSA) is 38.3 Å². The summed E-state index contributed by atoms with van der Waals surface area (Å²) in [7, 11) is 0. The van der Waals surface area contributed by atoms with Gasteiger partial charge in [-0.1, -0.05) is 37.8 Å². The fourth-order valence-electron chi connectivity index (χ4n) is 2.92. The molecule has 0 radical (unpaired) electrons. The Morgan fingerprint density at radius 1 is 1.38 bits per heavy atom. The van der Waals surface area contributed by atoms with Gasteiger partial charge in [0.25, 0.3) is 5.91 Å². The Morgan fingerprint density at radius 2 is 2.12 bits per heavy atom. The van der Waals surface area contributed by atoms with Crippen LogP contribution in [0.4, 0.5) is 0 Å². The van der Waals surface area contributed by atoms with Gasteiger partial charge in [0.1, 0.15) is 5.75 Å². The van der Waals surface area contributed by atoms with Crippen LogP contribution in [0.3, 0.4) is 0 Å². The summed E-state index contributed by atoms with van der Waals surface area (Å²) in [6, 6.07) is 5.49. The molecule has 1 atom stereocenters. The summed E-state index contributed by atoms with van der Waals surface area (Å²) in [4.78, 5) is 12.3. The minimum Gasteiger partial charge on any atom is -0.481 e. The molecule has 1 aromatic rings. The van der Waals surface area contributed by atoms with E-state index in [1.54, 1.807) is 6.07 Å². The molecule has 0 bridgehead atoms. The molecule has 0 aromatic heterocycles. The summed E-state index contributed by atoms with van der Waals surface area (Å²) in [6.07, 6.45) is 6.94. The highest BCUT2D eigenvalue weighted by molar-refractivity contribution is 7.99. The lowest BCUT2D eigenvalue weighted by Gasteiger charge is -2.21. The second-order valence-electron chi connectivity index (χ2n) is 6.35. The number of halogens is 1. The molecule has 1 aromatic carbocycles. The number of nitrogens with one attached hydrogen (secondary N) is 1. The van der Waals surface area contributed by atoms with Crippen molar-refractivity contribution in [2.24, 2.45) is 0 Å². The van der Waals surface area contributed by atoms with E-state index in [4.69, 9.17) is 16.3 Å². The summed E-state index contributed by atoms with van der Waals surface area (Å²) in [5.74, 6) is 1.64. The van der Waals surface area contributed by atoms with E-state index in [1.165, 1.54) is 32.1 Å². The molecule has 1 fully saturated rings. The summed E-state index contributed by atoms with van der Waals surface area (Å²) < 4.78 is 5.83. The van der Waals surface area contributed by atoms with Crippen molar-refractivity contribution >= 4 is 29.3 Å². The monoisotopic (exact) mass is 369 g/mol. The Morgan fingerprint density at radius 3 is 2.79 bits per heavy atom. The van der Waals surface area contributed by atoms with Crippen LogP contribution in [0.2, 0.25) is 5.02 Å². The Hall–Kier alpha value is -0.870. The maximum atomic E-state index is 12.3. The van der Waals surface area contributed by atoms with Crippen molar-refractivity contribution in [1.82, 2.24) is 5.32 Å². The number of benzene rings is 1. The first kappa shape index (κ1) is 19.5. The van der Waals surface area contributed by atoms with E-state index in [9.17, 15) is 4.79 Å². The van der Waals surface area contributed by atoms with E-state index in [2.05, 4.69) is 5.32 Å². The van der Waals surface area contributed by atoms with Gasteiger partial charge >= 0.3 is 0 Å². The van der Waals surface area contributed by atoms with Gasteiger partial charge in [-0.3, -0.25) is 4.79 Å². The molecular formula is C19H28ClNO2S. The number of amides is 1. The van der Waals surface area contributed by atoms with Gasteiger partial charge < -0.3 is 10.1 Å². The molecule has 3 nitrogen and oxygen atoms in total. The van der Waals surface area contributed by atoms with Gasteiger partial charge in [0.05, 0.1) is 0 Å². The van der Waals surface area contributed by atoms with E-state index in [0.717, 1.165) is 16.6 Å². The lowest BCUT2D eigenvalue weighted by molar-refractivity contribution is -0.127. The highest BCUT2D eigenvalue weighted by atomic mass is 35.5. The zero-order chi connectivity index (χ0) is 17.4. The molecular weight excluding hydrogens is 342 g/mol. The average Bonchev–Trinajstić information content (AvgIpc) is 2.60. The Bertz CT molecular complexity index is 532. The molecule has 0 saturated heterocycles. The molecule has 0 aliphatic heterocycles. The molecule has 24 heavy (non-hydrogen) atoms. The van der Waals surface area contributed by atoms with Gasteiger partial charge in [0, 0.05) is 22.6 Å². The predicted octanol–water partition coefficient (Wildman–Crippen LogP) is 4.99. The fraction of sp³-hybridized carbons (Fsp3) is 0.632. The summed E-state index contributed by atoms with van der Waals surface area (Å²) in [5.41, 5.74) is 0.952. The normalized spacial score (nSPS) is 16.6. The third kappa shape index (κ3) is 6.21. The van der Waals surface area contributed by atoms with Gasteiger partial charge in [0.15, 0.2) is 6.10 Å². The molecule has 1 saturated carbocycles. The molecule has 2 rings (SSSR count). The number of ether oxygens (including phenoxy) is 1. The predicted molar refractivity (Wildman–Crippen MR) is 103 cm³/mol. The van der Waals surface area contributed by atoms with Crippen molar-refractivity contribution in [2.75, 3.05) is 12.3 Å². The van der Waals surface area contributed by atoms with Crippen LogP contribution < -0.4 is 10.1 Å². The van der Waals surface area contributed by atoms with E-state index >= 15 is 0 Å². The van der Waals surface area contributed by atoms with Crippen molar-refractivity contribution in [3.8, 4) is 5.75 Å². The van der Waals surface area contributed by atoms with Gasteiger partial charge in [-0.25, -0.2) is 0 Å². The van der Waals surface area contributed by atoms with Crippen LogP contribution in [-0.4, -0.2) is 29.6 Å². The molecule has 0 spiro atoms.